The lowest BCUT2D eigenvalue weighted by atomic mass is 10.2. The summed E-state index contributed by atoms with van der Waals surface area (Å²) in [7, 11) is 1.34. The van der Waals surface area contributed by atoms with E-state index in [-0.39, 0.29) is 38.4 Å². The van der Waals surface area contributed by atoms with Gasteiger partial charge in [-0.2, -0.15) is 0 Å². The first-order chi connectivity index (χ1) is 21.0. The highest BCUT2D eigenvalue weighted by molar-refractivity contribution is 6.32. The van der Waals surface area contributed by atoms with Crippen LogP contribution in [0.2, 0.25) is 0 Å². The van der Waals surface area contributed by atoms with E-state index in [1.165, 1.54) is 7.11 Å². The second kappa shape index (κ2) is 32.6. The molecular weight excluding hydrogens is 580 g/mol. The summed E-state index contributed by atoms with van der Waals surface area (Å²) in [6.45, 7) is 7.35. The molecule has 0 aliphatic heterocycles. The number of carbonyl (C=O) groups is 4. The number of aliphatic carboxylic acids is 1. The molecule has 0 aromatic rings. The minimum Gasteiger partial charge on any atom is -0.476 e. The second-order valence-corrected chi connectivity index (χ2v) is 8.29. The number of carboxylic acid groups (broad SMARTS) is 1. The van der Waals surface area contributed by atoms with Crippen LogP contribution >= 0.6 is 0 Å². The van der Waals surface area contributed by atoms with Crippen LogP contribution in [0.25, 0.3) is 0 Å². The molecule has 252 valence electrons. The minimum atomic E-state index is -1.57. The predicted molar refractivity (Wildman–Crippen MR) is 147 cm³/mol. The third-order valence-corrected chi connectivity index (χ3v) is 4.94. The van der Waals surface area contributed by atoms with E-state index in [1.54, 1.807) is 0 Å². The predicted octanol–water partition coefficient (Wildman–Crippen LogP) is -0.324. The summed E-state index contributed by atoms with van der Waals surface area (Å²) in [4.78, 5) is 43.5. The Kier molecular flexibility index (Phi) is 30.9. The number of carbonyl (C=O) groups excluding carboxylic acids is 3. The number of methoxy groups -OCH3 is 1. The quantitative estimate of drug-likeness (QED) is 0.0553. The Balaban J connectivity index is 3.14. The number of Topliss-reactive ketones (excluding diaryl/α,β-unsaturated/α-hetero) is 1. The summed E-state index contributed by atoms with van der Waals surface area (Å²) in [6, 6.07) is 0. The normalized spacial score (nSPS) is 11.0. The molecule has 43 heavy (non-hydrogen) atoms. The van der Waals surface area contributed by atoms with Gasteiger partial charge in [-0.15, -0.1) is 0 Å². The Morgan fingerprint density at radius 1 is 0.395 bits per heavy atom. The van der Waals surface area contributed by atoms with Crippen molar-refractivity contribution in [2.45, 2.75) is 19.3 Å². The molecule has 0 unspecified atom stereocenters. The van der Waals surface area contributed by atoms with E-state index in [4.69, 9.17) is 52.5 Å². The van der Waals surface area contributed by atoms with Crippen molar-refractivity contribution < 1.29 is 76.4 Å². The molecule has 0 saturated heterocycles. The lowest BCUT2D eigenvalue weighted by Gasteiger charge is -2.09. The number of esters is 2. The van der Waals surface area contributed by atoms with Crippen molar-refractivity contribution in [2.75, 3.05) is 133 Å². The molecule has 16 heteroatoms. The maximum absolute atomic E-state index is 11.3. The van der Waals surface area contributed by atoms with Gasteiger partial charge in [0, 0.05) is 6.42 Å². The van der Waals surface area contributed by atoms with Gasteiger partial charge in [-0.25, -0.2) is 4.79 Å². The lowest BCUT2D eigenvalue weighted by molar-refractivity contribution is -0.151. The summed E-state index contributed by atoms with van der Waals surface area (Å²) < 4.78 is 57.6. The van der Waals surface area contributed by atoms with Gasteiger partial charge in [0.05, 0.1) is 139 Å². The topological polar surface area (TPSA) is 190 Å². The molecule has 0 aromatic heterocycles. The van der Waals surface area contributed by atoms with Gasteiger partial charge in [-0.1, -0.05) is 0 Å². The summed E-state index contributed by atoms with van der Waals surface area (Å²) in [6.07, 6.45) is -0.434. The van der Waals surface area contributed by atoms with Crippen LogP contribution in [0.5, 0.6) is 0 Å². The van der Waals surface area contributed by atoms with E-state index < -0.39 is 17.7 Å². The van der Waals surface area contributed by atoms with Crippen molar-refractivity contribution in [1.29, 1.82) is 0 Å². The standard InChI is InChI=1S/C27H48O16/c1-33-25(29)4-5-34-6-7-35-8-9-36-10-11-37-12-13-38-14-15-39-16-17-40-18-19-41-20-21-42-22-23-43-26(30)3-2-24(28)27(31)32/h2-23H2,1H3,(H,31,32). The molecular formula is C27H48O16. The van der Waals surface area contributed by atoms with Gasteiger partial charge >= 0.3 is 17.9 Å². The molecule has 0 amide bonds. The van der Waals surface area contributed by atoms with Gasteiger partial charge in [0.25, 0.3) is 0 Å². The fourth-order valence-electron chi connectivity index (χ4n) is 2.73. The fourth-order valence-corrected chi connectivity index (χ4v) is 2.73. The Bertz CT molecular complexity index is 690. The Labute approximate surface area is 252 Å². The summed E-state index contributed by atoms with van der Waals surface area (Å²) in [5.74, 6) is -3.54. The van der Waals surface area contributed by atoms with Crippen molar-refractivity contribution in [2.24, 2.45) is 0 Å². The molecule has 0 radical (unpaired) electrons. The van der Waals surface area contributed by atoms with Gasteiger partial charge in [0.2, 0.25) is 5.78 Å². The summed E-state index contributed by atoms with van der Waals surface area (Å²) in [5, 5.41) is 8.43. The second-order valence-electron chi connectivity index (χ2n) is 8.29. The van der Waals surface area contributed by atoms with Gasteiger partial charge < -0.3 is 57.2 Å². The van der Waals surface area contributed by atoms with E-state index in [0.29, 0.717) is 112 Å². The molecule has 0 heterocycles. The zero-order chi connectivity index (χ0) is 31.6. The van der Waals surface area contributed by atoms with Crippen molar-refractivity contribution in [3.05, 3.63) is 0 Å². The van der Waals surface area contributed by atoms with E-state index >= 15 is 0 Å². The van der Waals surface area contributed by atoms with Crippen LogP contribution in [-0.4, -0.2) is 161 Å². The molecule has 0 fully saturated rings. The van der Waals surface area contributed by atoms with Crippen molar-refractivity contribution >= 4 is 23.7 Å². The van der Waals surface area contributed by atoms with Crippen molar-refractivity contribution in [1.82, 2.24) is 0 Å². The van der Waals surface area contributed by atoms with Crippen LogP contribution in [-0.2, 0) is 71.3 Å². The lowest BCUT2D eigenvalue weighted by Crippen LogP contribution is -2.17. The highest BCUT2D eigenvalue weighted by atomic mass is 16.6. The first-order valence-corrected chi connectivity index (χ1v) is 14.2. The average Bonchev–Trinajstić information content (AvgIpc) is 3.00. The SMILES string of the molecule is COC(=O)CCOCCOCCOCCOCCOCCOCCOCCOCCOCCOC(=O)CCC(=O)C(=O)O. The van der Waals surface area contributed by atoms with Crippen molar-refractivity contribution in [3.8, 4) is 0 Å². The summed E-state index contributed by atoms with van der Waals surface area (Å²) >= 11 is 0. The molecule has 0 aromatic carbocycles. The maximum atomic E-state index is 11.3. The van der Waals surface area contributed by atoms with Crippen LogP contribution in [0.15, 0.2) is 0 Å². The molecule has 1 N–H and O–H groups in total. The summed E-state index contributed by atoms with van der Waals surface area (Å²) in [5.41, 5.74) is 0. The molecule has 0 bridgehead atoms. The maximum Gasteiger partial charge on any atom is 0.372 e. The fraction of sp³-hybridized carbons (Fsp3) is 0.852. The smallest absolute Gasteiger partial charge is 0.372 e. The number of hydrogen-bond acceptors (Lipinski definition) is 15. The van der Waals surface area contributed by atoms with E-state index in [0.717, 1.165) is 0 Å². The number of hydrogen-bond donors (Lipinski definition) is 1. The van der Waals surface area contributed by atoms with E-state index in [9.17, 15) is 19.2 Å². The monoisotopic (exact) mass is 628 g/mol. The van der Waals surface area contributed by atoms with Crippen LogP contribution in [0, 0.1) is 0 Å². The van der Waals surface area contributed by atoms with Crippen molar-refractivity contribution in [3.63, 3.8) is 0 Å². The van der Waals surface area contributed by atoms with E-state index in [1.807, 2.05) is 0 Å². The zero-order valence-corrected chi connectivity index (χ0v) is 25.1. The zero-order valence-electron chi connectivity index (χ0n) is 25.1. The molecule has 0 saturated carbocycles. The third kappa shape index (κ3) is 32.5. The molecule has 0 atom stereocenters. The largest absolute Gasteiger partial charge is 0.476 e. The Hall–Kier alpha value is -2.28. The molecule has 0 aliphatic rings. The number of carboxylic acids is 1. The van der Waals surface area contributed by atoms with Gasteiger partial charge in [-0.05, 0) is 0 Å². The molecule has 0 spiro atoms. The van der Waals surface area contributed by atoms with Crippen LogP contribution < -0.4 is 0 Å². The number of rotatable bonds is 34. The Morgan fingerprint density at radius 3 is 1.00 bits per heavy atom. The average molecular weight is 629 g/mol. The van der Waals surface area contributed by atoms with Crippen LogP contribution in [0.1, 0.15) is 19.3 Å². The van der Waals surface area contributed by atoms with Gasteiger partial charge in [0.1, 0.15) is 6.61 Å². The molecule has 16 nitrogen and oxygen atoms in total. The number of ketones is 1. The minimum absolute atomic E-state index is 0.0106. The third-order valence-electron chi connectivity index (χ3n) is 4.94. The van der Waals surface area contributed by atoms with Crippen LogP contribution in [0.3, 0.4) is 0 Å². The number of ether oxygens (including phenoxy) is 11. The first kappa shape index (κ1) is 40.7. The van der Waals surface area contributed by atoms with E-state index in [2.05, 4.69) is 4.74 Å². The van der Waals surface area contributed by atoms with Crippen LogP contribution in [0.4, 0.5) is 0 Å². The first-order valence-electron chi connectivity index (χ1n) is 14.2. The molecule has 0 aliphatic carbocycles. The highest BCUT2D eigenvalue weighted by Gasteiger charge is 2.14. The van der Waals surface area contributed by atoms with Gasteiger partial charge in [-0.3, -0.25) is 14.4 Å². The highest BCUT2D eigenvalue weighted by Crippen LogP contribution is 1.95. The molecule has 0 rings (SSSR count). The Morgan fingerprint density at radius 2 is 0.698 bits per heavy atom. The van der Waals surface area contributed by atoms with Gasteiger partial charge in [0.15, 0.2) is 0 Å².